The minimum Gasteiger partial charge on any atom is -0.421 e. The Morgan fingerprint density at radius 3 is 2.83 bits per heavy atom. The Morgan fingerprint density at radius 1 is 1.20 bits per heavy atom. The standard InChI is InChI=1S/C26H27N5O2S2/c1-14-30-31-25(32-14)20-17(5-10-26-8-3-16(33-26)4-9-26)29-18-7-12-34-23(18)21(20)19-13-15-6-11-28-24(27-2)22(15)35-19/h6,11,13,16H,3-5,7-10,12H2,1-2H3,(H,27,28). The third-order valence-corrected chi connectivity index (χ3v) is 9.93. The summed E-state index contributed by atoms with van der Waals surface area (Å²) in [5.41, 5.74) is 4.45. The molecule has 3 aliphatic rings. The van der Waals surface area contributed by atoms with Gasteiger partial charge in [-0.2, -0.15) is 0 Å². The van der Waals surface area contributed by atoms with E-state index in [-0.39, 0.29) is 5.60 Å². The molecule has 2 saturated heterocycles. The Balaban J connectivity index is 1.41. The summed E-state index contributed by atoms with van der Waals surface area (Å²) in [4.78, 5) is 12.2. The van der Waals surface area contributed by atoms with Crippen LogP contribution in [-0.2, 0) is 17.6 Å². The van der Waals surface area contributed by atoms with E-state index in [1.165, 1.54) is 39.3 Å². The van der Waals surface area contributed by atoms with Gasteiger partial charge in [0, 0.05) is 47.7 Å². The molecule has 180 valence electrons. The lowest BCUT2D eigenvalue weighted by Crippen LogP contribution is -2.25. The third-order valence-electron chi connectivity index (χ3n) is 7.62. The number of hydrogen-bond acceptors (Lipinski definition) is 9. The molecule has 3 aliphatic heterocycles. The quantitative estimate of drug-likeness (QED) is 0.339. The number of anilines is 1. The number of ether oxygens (including phenoxy) is 1. The lowest BCUT2D eigenvalue weighted by Gasteiger charge is -2.25. The molecule has 4 aromatic rings. The summed E-state index contributed by atoms with van der Waals surface area (Å²) in [5, 5.41) is 13.1. The molecule has 0 radical (unpaired) electrons. The van der Waals surface area contributed by atoms with Crippen LogP contribution in [0.3, 0.4) is 0 Å². The van der Waals surface area contributed by atoms with E-state index in [1.54, 1.807) is 11.3 Å². The molecule has 2 bridgehead atoms. The van der Waals surface area contributed by atoms with Crippen molar-refractivity contribution in [3.63, 3.8) is 0 Å². The Hall–Kier alpha value is -2.49. The minimum absolute atomic E-state index is 0.0211. The van der Waals surface area contributed by atoms with Crippen molar-refractivity contribution < 1.29 is 9.15 Å². The van der Waals surface area contributed by atoms with Crippen LogP contribution in [0.4, 0.5) is 5.82 Å². The van der Waals surface area contributed by atoms with Gasteiger partial charge in [-0.05, 0) is 56.0 Å². The highest BCUT2D eigenvalue weighted by Gasteiger charge is 2.45. The second kappa shape index (κ2) is 8.28. The largest absolute Gasteiger partial charge is 0.421 e. The van der Waals surface area contributed by atoms with Crippen LogP contribution in [0.15, 0.2) is 27.6 Å². The van der Waals surface area contributed by atoms with E-state index in [2.05, 4.69) is 32.6 Å². The summed E-state index contributed by atoms with van der Waals surface area (Å²) in [6.07, 6.45) is 9.86. The number of aromatic nitrogens is 4. The van der Waals surface area contributed by atoms with Crippen LogP contribution in [0.1, 0.15) is 49.4 Å². The van der Waals surface area contributed by atoms with E-state index in [9.17, 15) is 0 Å². The highest BCUT2D eigenvalue weighted by atomic mass is 32.2. The number of nitrogens with one attached hydrogen (secondary N) is 1. The molecule has 0 saturated carbocycles. The van der Waals surface area contributed by atoms with E-state index < -0.39 is 0 Å². The summed E-state index contributed by atoms with van der Waals surface area (Å²) in [5.74, 6) is 3.08. The summed E-state index contributed by atoms with van der Waals surface area (Å²) in [6.45, 7) is 1.85. The maximum absolute atomic E-state index is 6.41. The Morgan fingerprint density at radius 2 is 2.09 bits per heavy atom. The van der Waals surface area contributed by atoms with Crippen molar-refractivity contribution in [3.8, 4) is 21.9 Å². The topological polar surface area (TPSA) is 86.0 Å². The van der Waals surface area contributed by atoms with Gasteiger partial charge in [-0.15, -0.1) is 33.3 Å². The van der Waals surface area contributed by atoms with Crippen LogP contribution < -0.4 is 5.32 Å². The maximum atomic E-state index is 6.41. The van der Waals surface area contributed by atoms with Gasteiger partial charge in [-0.1, -0.05) is 0 Å². The van der Waals surface area contributed by atoms with Crippen LogP contribution >= 0.6 is 23.1 Å². The SMILES string of the molecule is CNc1nccc2cc(-c3c4c(nc(CCC56CCC(CC5)O6)c3-c3nnc(C)o3)CCS4)sc12. The molecule has 1 N–H and O–H groups in total. The summed E-state index contributed by atoms with van der Waals surface area (Å²) >= 11 is 3.65. The second-order valence-electron chi connectivity index (χ2n) is 9.75. The number of thioether (sulfide) groups is 1. The summed E-state index contributed by atoms with van der Waals surface area (Å²) in [7, 11) is 1.92. The van der Waals surface area contributed by atoms with Gasteiger partial charge in [0.1, 0.15) is 5.82 Å². The third kappa shape index (κ3) is 3.58. The van der Waals surface area contributed by atoms with E-state index in [4.69, 9.17) is 14.1 Å². The summed E-state index contributed by atoms with van der Waals surface area (Å²) < 4.78 is 13.6. The van der Waals surface area contributed by atoms with Gasteiger partial charge >= 0.3 is 0 Å². The van der Waals surface area contributed by atoms with Crippen molar-refractivity contribution in [2.24, 2.45) is 0 Å². The molecule has 7 heterocycles. The molecular formula is C26H27N5O2S2. The first-order valence-electron chi connectivity index (χ1n) is 12.4. The number of hydrogen-bond donors (Lipinski definition) is 1. The van der Waals surface area contributed by atoms with Crippen LogP contribution in [-0.4, -0.2) is 44.7 Å². The van der Waals surface area contributed by atoms with E-state index in [0.717, 1.165) is 59.6 Å². The van der Waals surface area contributed by atoms with Crippen LogP contribution in [0.5, 0.6) is 0 Å². The first-order valence-corrected chi connectivity index (χ1v) is 14.2. The smallest absolute Gasteiger partial charge is 0.250 e. The molecule has 0 amide bonds. The van der Waals surface area contributed by atoms with E-state index >= 15 is 0 Å². The van der Waals surface area contributed by atoms with E-state index in [0.29, 0.717) is 17.9 Å². The molecule has 4 aromatic heterocycles. The predicted octanol–water partition coefficient (Wildman–Crippen LogP) is 6.05. The highest BCUT2D eigenvalue weighted by Crippen LogP contribution is 2.50. The first-order chi connectivity index (χ1) is 17.1. The highest BCUT2D eigenvalue weighted by molar-refractivity contribution is 7.99. The summed E-state index contributed by atoms with van der Waals surface area (Å²) in [6, 6.07) is 4.35. The molecular weight excluding hydrogens is 478 g/mol. The van der Waals surface area contributed by atoms with Crippen molar-refractivity contribution in [3.05, 3.63) is 35.6 Å². The van der Waals surface area contributed by atoms with Crippen molar-refractivity contribution in [1.82, 2.24) is 20.2 Å². The molecule has 7 rings (SSSR count). The molecule has 0 aromatic carbocycles. The van der Waals surface area contributed by atoms with Gasteiger partial charge in [-0.25, -0.2) is 4.98 Å². The van der Waals surface area contributed by atoms with Gasteiger partial charge in [0.25, 0.3) is 0 Å². The molecule has 0 spiro atoms. The normalized spacial score (nSPS) is 22.9. The predicted molar refractivity (Wildman–Crippen MR) is 139 cm³/mol. The monoisotopic (exact) mass is 505 g/mol. The average Bonchev–Trinajstić information content (AvgIpc) is 3.69. The Labute approximate surface area is 212 Å². The van der Waals surface area contributed by atoms with Crippen LogP contribution in [0, 0.1) is 6.92 Å². The molecule has 0 unspecified atom stereocenters. The van der Waals surface area contributed by atoms with E-state index in [1.807, 2.05) is 31.9 Å². The fraction of sp³-hybridized carbons (Fsp3) is 0.462. The Kier molecular flexibility index (Phi) is 5.15. The zero-order chi connectivity index (χ0) is 23.6. The lowest BCUT2D eigenvalue weighted by atomic mass is 9.84. The van der Waals surface area contributed by atoms with Crippen molar-refractivity contribution in [2.45, 2.75) is 68.5 Å². The first kappa shape index (κ1) is 21.8. The van der Waals surface area contributed by atoms with Crippen molar-refractivity contribution in [2.75, 3.05) is 18.1 Å². The molecule has 7 nitrogen and oxygen atoms in total. The second-order valence-corrected chi connectivity index (χ2v) is 11.9. The molecule has 0 aliphatic carbocycles. The Bertz CT molecular complexity index is 1440. The number of thiophene rings is 1. The molecule has 35 heavy (non-hydrogen) atoms. The van der Waals surface area contributed by atoms with Gasteiger partial charge in [0.2, 0.25) is 11.8 Å². The van der Waals surface area contributed by atoms with Gasteiger partial charge in [0.05, 0.1) is 33.4 Å². The fourth-order valence-electron chi connectivity index (χ4n) is 5.92. The van der Waals surface area contributed by atoms with Crippen molar-refractivity contribution in [1.29, 1.82) is 0 Å². The number of fused-ring (bicyclic) bond motifs is 4. The van der Waals surface area contributed by atoms with Gasteiger partial charge < -0.3 is 14.5 Å². The fourth-order valence-corrected chi connectivity index (χ4v) is 8.36. The van der Waals surface area contributed by atoms with Gasteiger partial charge in [0.15, 0.2) is 0 Å². The number of aryl methyl sites for hydroxylation is 3. The number of nitrogens with zero attached hydrogens (tertiary/aromatic N) is 4. The minimum atomic E-state index is 0.0211. The number of pyridine rings is 2. The average molecular weight is 506 g/mol. The lowest BCUT2D eigenvalue weighted by molar-refractivity contribution is 0.00717. The van der Waals surface area contributed by atoms with Gasteiger partial charge in [-0.3, -0.25) is 4.98 Å². The maximum Gasteiger partial charge on any atom is 0.250 e. The molecule has 9 heteroatoms. The zero-order valence-electron chi connectivity index (χ0n) is 19.9. The zero-order valence-corrected chi connectivity index (χ0v) is 21.5. The molecule has 2 fully saturated rings. The van der Waals surface area contributed by atoms with Crippen molar-refractivity contribution >= 4 is 39.0 Å². The van der Waals surface area contributed by atoms with Crippen LogP contribution in [0.2, 0.25) is 0 Å². The molecule has 0 atom stereocenters. The number of rotatable bonds is 6. The van der Waals surface area contributed by atoms with Crippen LogP contribution in [0.25, 0.3) is 32.0 Å².